The Kier molecular flexibility index (Phi) is 5.05. The molecule has 1 aliphatic heterocycles. The van der Waals surface area contributed by atoms with Crippen molar-refractivity contribution in [3.63, 3.8) is 0 Å². The van der Waals surface area contributed by atoms with Gasteiger partial charge in [-0.25, -0.2) is 8.42 Å². The minimum absolute atomic E-state index is 0.00433. The first-order chi connectivity index (χ1) is 12.2. The zero-order chi connectivity index (χ0) is 18.9. The highest BCUT2D eigenvalue weighted by atomic mass is 32.2. The maximum Gasteiger partial charge on any atom is 0.246 e. The van der Waals surface area contributed by atoms with E-state index in [1.54, 1.807) is 17.0 Å². The van der Waals surface area contributed by atoms with Crippen molar-refractivity contribution in [3.8, 4) is 11.4 Å². The number of morpholine rings is 1. The Bertz CT molecular complexity index is 884. The first-order valence-corrected chi connectivity index (χ1v) is 10.1. The fourth-order valence-corrected chi connectivity index (χ4v) is 3.51. The standard InChI is InChI=1S/C16H21N5O4S/c1-11-8-20(9-12(2)25-11)15(22)10-21-18-16(17-19-21)13-4-6-14(7-5-13)26(3,23)24/h4-7,11-12H,8-10H2,1-3H3. The molecule has 140 valence electrons. The van der Waals surface area contributed by atoms with Gasteiger partial charge in [0.1, 0.15) is 6.54 Å². The summed E-state index contributed by atoms with van der Waals surface area (Å²) in [5.74, 6) is 0.241. The third kappa shape index (κ3) is 4.25. The number of tetrazole rings is 1. The number of carbonyl (C=O) groups is 1. The minimum Gasteiger partial charge on any atom is -0.372 e. The van der Waals surface area contributed by atoms with Crippen LogP contribution in [0, 0.1) is 0 Å². The second kappa shape index (κ2) is 7.12. The molecular formula is C16H21N5O4S. The van der Waals surface area contributed by atoms with Gasteiger partial charge < -0.3 is 9.64 Å². The summed E-state index contributed by atoms with van der Waals surface area (Å²) in [5, 5.41) is 12.1. The van der Waals surface area contributed by atoms with Crippen molar-refractivity contribution in [2.24, 2.45) is 0 Å². The van der Waals surface area contributed by atoms with E-state index in [1.165, 1.54) is 16.9 Å². The van der Waals surface area contributed by atoms with E-state index in [2.05, 4.69) is 15.4 Å². The van der Waals surface area contributed by atoms with Crippen molar-refractivity contribution in [1.29, 1.82) is 0 Å². The van der Waals surface area contributed by atoms with Gasteiger partial charge >= 0.3 is 0 Å². The van der Waals surface area contributed by atoms with Crippen LogP contribution < -0.4 is 0 Å². The molecule has 26 heavy (non-hydrogen) atoms. The van der Waals surface area contributed by atoms with E-state index in [1.807, 2.05) is 13.8 Å². The summed E-state index contributed by atoms with van der Waals surface area (Å²) in [6.45, 7) is 4.94. The molecule has 0 aliphatic carbocycles. The molecule has 1 fully saturated rings. The quantitative estimate of drug-likeness (QED) is 0.756. The number of rotatable bonds is 4. The van der Waals surface area contributed by atoms with E-state index in [9.17, 15) is 13.2 Å². The van der Waals surface area contributed by atoms with Crippen molar-refractivity contribution in [1.82, 2.24) is 25.1 Å². The predicted octanol–water partition coefficient (Wildman–Crippen LogP) is 0.379. The number of nitrogens with zero attached hydrogens (tertiary/aromatic N) is 5. The molecule has 1 saturated heterocycles. The van der Waals surface area contributed by atoms with Crippen LogP contribution in [0.2, 0.25) is 0 Å². The molecule has 2 aromatic rings. The largest absolute Gasteiger partial charge is 0.372 e. The van der Waals surface area contributed by atoms with Gasteiger partial charge in [-0.3, -0.25) is 4.79 Å². The maximum absolute atomic E-state index is 12.4. The summed E-state index contributed by atoms with van der Waals surface area (Å²) in [6, 6.07) is 6.22. The molecule has 2 atom stereocenters. The summed E-state index contributed by atoms with van der Waals surface area (Å²) in [4.78, 5) is 15.6. The SMILES string of the molecule is CC1CN(C(=O)Cn2nnc(-c3ccc(S(C)(=O)=O)cc3)n2)CC(C)O1. The number of carbonyl (C=O) groups excluding carboxylic acids is 1. The third-order valence-electron chi connectivity index (χ3n) is 4.04. The van der Waals surface area contributed by atoms with Gasteiger partial charge in [-0.1, -0.05) is 0 Å². The molecule has 2 unspecified atom stereocenters. The average Bonchev–Trinajstić information content (AvgIpc) is 3.01. The van der Waals surface area contributed by atoms with Crippen LogP contribution in [0.15, 0.2) is 29.2 Å². The van der Waals surface area contributed by atoms with E-state index < -0.39 is 9.84 Å². The second-order valence-electron chi connectivity index (χ2n) is 6.50. The molecule has 10 heteroatoms. The maximum atomic E-state index is 12.4. The third-order valence-corrected chi connectivity index (χ3v) is 5.17. The Balaban J connectivity index is 1.69. The molecule has 1 aliphatic rings. The summed E-state index contributed by atoms with van der Waals surface area (Å²) in [5.41, 5.74) is 0.629. The lowest BCUT2D eigenvalue weighted by Gasteiger charge is -2.35. The number of sulfone groups is 1. The van der Waals surface area contributed by atoms with Gasteiger partial charge in [0.05, 0.1) is 17.1 Å². The molecule has 3 rings (SSSR count). The highest BCUT2D eigenvalue weighted by Gasteiger charge is 2.26. The Morgan fingerprint density at radius 1 is 1.19 bits per heavy atom. The normalized spacial score (nSPS) is 21.0. The van der Waals surface area contributed by atoms with Crippen LogP contribution >= 0.6 is 0 Å². The number of ether oxygens (including phenoxy) is 1. The summed E-state index contributed by atoms with van der Waals surface area (Å²) >= 11 is 0. The Hall–Kier alpha value is -2.33. The summed E-state index contributed by atoms with van der Waals surface area (Å²) in [7, 11) is -3.26. The first-order valence-electron chi connectivity index (χ1n) is 8.24. The lowest BCUT2D eigenvalue weighted by Crippen LogP contribution is -2.49. The zero-order valence-electron chi connectivity index (χ0n) is 14.9. The molecule has 0 N–H and O–H groups in total. The monoisotopic (exact) mass is 379 g/mol. The fraction of sp³-hybridized carbons (Fsp3) is 0.500. The number of aromatic nitrogens is 4. The summed E-state index contributed by atoms with van der Waals surface area (Å²) in [6.07, 6.45) is 1.14. The molecule has 9 nitrogen and oxygen atoms in total. The van der Waals surface area contributed by atoms with E-state index in [0.717, 1.165) is 6.26 Å². The van der Waals surface area contributed by atoms with Crippen molar-refractivity contribution < 1.29 is 17.9 Å². The van der Waals surface area contributed by atoms with Gasteiger partial charge in [-0.05, 0) is 43.3 Å². The molecule has 0 bridgehead atoms. The minimum atomic E-state index is -3.26. The fourth-order valence-electron chi connectivity index (χ4n) is 2.88. The molecule has 2 heterocycles. The Morgan fingerprint density at radius 3 is 2.38 bits per heavy atom. The lowest BCUT2D eigenvalue weighted by molar-refractivity contribution is -0.144. The van der Waals surface area contributed by atoms with Gasteiger partial charge in [0, 0.05) is 24.9 Å². The van der Waals surface area contributed by atoms with Crippen LogP contribution in [-0.4, -0.2) is 71.0 Å². The van der Waals surface area contributed by atoms with Crippen LogP contribution in [0.25, 0.3) is 11.4 Å². The first kappa shape index (κ1) is 18.5. The number of hydrogen-bond donors (Lipinski definition) is 0. The molecule has 1 aromatic heterocycles. The molecule has 1 aromatic carbocycles. The van der Waals surface area contributed by atoms with Crippen LogP contribution in [0.3, 0.4) is 0 Å². The van der Waals surface area contributed by atoms with Gasteiger partial charge in [0.2, 0.25) is 11.7 Å². The van der Waals surface area contributed by atoms with Crippen molar-refractivity contribution in [2.75, 3.05) is 19.3 Å². The van der Waals surface area contributed by atoms with Crippen LogP contribution in [0.5, 0.6) is 0 Å². The van der Waals surface area contributed by atoms with Crippen molar-refractivity contribution >= 4 is 15.7 Å². The van der Waals surface area contributed by atoms with E-state index in [-0.39, 0.29) is 29.6 Å². The zero-order valence-corrected chi connectivity index (χ0v) is 15.7. The van der Waals surface area contributed by atoms with E-state index in [0.29, 0.717) is 24.5 Å². The molecular weight excluding hydrogens is 358 g/mol. The lowest BCUT2D eigenvalue weighted by atomic mass is 10.2. The predicted molar refractivity (Wildman–Crippen MR) is 93.0 cm³/mol. The van der Waals surface area contributed by atoms with Crippen LogP contribution in [0.4, 0.5) is 0 Å². The van der Waals surface area contributed by atoms with Crippen LogP contribution in [-0.2, 0) is 25.9 Å². The number of hydrogen-bond acceptors (Lipinski definition) is 7. The van der Waals surface area contributed by atoms with Crippen molar-refractivity contribution in [3.05, 3.63) is 24.3 Å². The average molecular weight is 379 g/mol. The van der Waals surface area contributed by atoms with E-state index in [4.69, 9.17) is 4.74 Å². The van der Waals surface area contributed by atoms with Gasteiger partial charge in [-0.15, -0.1) is 10.2 Å². The smallest absolute Gasteiger partial charge is 0.246 e. The molecule has 0 saturated carbocycles. The molecule has 0 spiro atoms. The molecule has 0 radical (unpaired) electrons. The molecule has 1 amide bonds. The topological polar surface area (TPSA) is 107 Å². The van der Waals surface area contributed by atoms with Gasteiger partial charge in [0.25, 0.3) is 0 Å². The van der Waals surface area contributed by atoms with Crippen molar-refractivity contribution in [2.45, 2.75) is 37.5 Å². The van der Waals surface area contributed by atoms with Gasteiger partial charge in [-0.2, -0.15) is 4.80 Å². The second-order valence-corrected chi connectivity index (χ2v) is 8.51. The highest BCUT2D eigenvalue weighted by molar-refractivity contribution is 7.90. The number of benzene rings is 1. The van der Waals surface area contributed by atoms with Gasteiger partial charge in [0.15, 0.2) is 9.84 Å². The van der Waals surface area contributed by atoms with E-state index >= 15 is 0 Å². The highest BCUT2D eigenvalue weighted by Crippen LogP contribution is 2.17. The van der Waals surface area contributed by atoms with Crippen LogP contribution in [0.1, 0.15) is 13.8 Å². The Morgan fingerprint density at radius 2 is 1.81 bits per heavy atom. The number of amides is 1. The summed E-state index contributed by atoms with van der Waals surface area (Å²) < 4.78 is 28.6. The Labute approximate surface area is 151 Å².